The summed E-state index contributed by atoms with van der Waals surface area (Å²) < 4.78 is 0. The smallest absolute Gasteiger partial charge is 0.132 e. The molecule has 2 N–H and O–H groups in total. The van der Waals surface area contributed by atoms with Crippen molar-refractivity contribution in [2.45, 2.75) is 33.1 Å². The molecular weight excluding hydrogens is 234 g/mol. The Kier molecular flexibility index (Phi) is 4.27. The Bertz CT molecular complexity index is 564. The maximum Gasteiger partial charge on any atom is 0.132 e. The van der Waals surface area contributed by atoms with Crippen LogP contribution in [-0.2, 0) is 0 Å². The number of rotatable bonds is 4. The number of aryl methyl sites for hydroxylation is 2. The first-order valence-corrected chi connectivity index (χ1v) is 6.73. The number of hydrogen-bond donors (Lipinski definition) is 1. The molecule has 1 aromatic heterocycles. The molecule has 0 fully saturated rings. The van der Waals surface area contributed by atoms with Crippen LogP contribution in [0, 0.1) is 13.8 Å². The number of nitrogens with two attached hydrogens (primary N) is 1. The van der Waals surface area contributed by atoms with Crippen LogP contribution in [0.25, 0.3) is 11.3 Å². The topological polar surface area (TPSA) is 51.8 Å². The van der Waals surface area contributed by atoms with E-state index in [4.69, 9.17) is 10.7 Å². The van der Waals surface area contributed by atoms with E-state index < -0.39 is 0 Å². The highest BCUT2D eigenvalue weighted by Crippen LogP contribution is 2.24. The molecule has 3 heteroatoms. The van der Waals surface area contributed by atoms with Crippen LogP contribution in [0.5, 0.6) is 0 Å². The van der Waals surface area contributed by atoms with Crippen molar-refractivity contribution in [2.75, 3.05) is 6.54 Å². The maximum absolute atomic E-state index is 5.62. The van der Waals surface area contributed by atoms with Crippen LogP contribution in [0.2, 0.25) is 0 Å². The largest absolute Gasteiger partial charge is 0.330 e. The van der Waals surface area contributed by atoms with Crippen molar-refractivity contribution in [3.8, 4) is 11.3 Å². The Morgan fingerprint density at radius 1 is 1.16 bits per heavy atom. The van der Waals surface area contributed by atoms with E-state index >= 15 is 0 Å². The Hall–Kier alpha value is -1.74. The third kappa shape index (κ3) is 3.18. The van der Waals surface area contributed by atoms with Crippen LogP contribution in [0.1, 0.15) is 36.3 Å². The molecule has 2 rings (SSSR count). The molecule has 1 atom stereocenters. The first kappa shape index (κ1) is 13.7. The highest BCUT2D eigenvalue weighted by atomic mass is 14.9. The molecule has 0 aliphatic carbocycles. The second-order valence-corrected chi connectivity index (χ2v) is 5.05. The average molecular weight is 255 g/mol. The molecule has 0 radical (unpaired) electrons. The van der Waals surface area contributed by atoms with Crippen molar-refractivity contribution in [3.05, 3.63) is 47.4 Å². The van der Waals surface area contributed by atoms with Crippen molar-refractivity contribution in [1.29, 1.82) is 0 Å². The van der Waals surface area contributed by atoms with Gasteiger partial charge >= 0.3 is 0 Å². The number of nitrogens with zero attached hydrogens (tertiary/aromatic N) is 2. The van der Waals surface area contributed by atoms with Crippen LogP contribution in [0.4, 0.5) is 0 Å². The fourth-order valence-corrected chi connectivity index (χ4v) is 2.19. The molecule has 0 saturated carbocycles. The van der Waals surface area contributed by atoms with E-state index in [0.717, 1.165) is 23.6 Å². The summed E-state index contributed by atoms with van der Waals surface area (Å²) in [6.45, 7) is 6.92. The van der Waals surface area contributed by atoms with Crippen LogP contribution in [0.3, 0.4) is 0 Å². The van der Waals surface area contributed by atoms with Gasteiger partial charge in [-0.05, 0) is 38.4 Å². The Morgan fingerprint density at radius 2 is 1.89 bits per heavy atom. The first-order valence-electron chi connectivity index (χ1n) is 6.73. The van der Waals surface area contributed by atoms with Crippen molar-refractivity contribution < 1.29 is 0 Å². The minimum absolute atomic E-state index is 0.299. The van der Waals surface area contributed by atoms with Crippen molar-refractivity contribution in [1.82, 2.24) is 9.97 Å². The van der Waals surface area contributed by atoms with E-state index in [9.17, 15) is 0 Å². The van der Waals surface area contributed by atoms with Gasteiger partial charge < -0.3 is 5.73 Å². The second-order valence-electron chi connectivity index (χ2n) is 5.05. The van der Waals surface area contributed by atoms with Crippen LogP contribution < -0.4 is 5.73 Å². The van der Waals surface area contributed by atoms with E-state index in [0.29, 0.717) is 12.5 Å². The van der Waals surface area contributed by atoms with E-state index in [2.05, 4.69) is 31.0 Å². The molecule has 0 spiro atoms. The lowest BCUT2D eigenvalue weighted by Gasteiger charge is -2.12. The quantitative estimate of drug-likeness (QED) is 0.912. The number of aromatic nitrogens is 2. The molecule has 19 heavy (non-hydrogen) atoms. The molecule has 1 unspecified atom stereocenters. The van der Waals surface area contributed by atoms with Crippen molar-refractivity contribution in [3.63, 3.8) is 0 Å². The van der Waals surface area contributed by atoms with Gasteiger partial charge in [-0.2, -0.15) is 0 Å². The van der Waals surface area contributed by atoms with Gasteiger partial charge in [-0.1, -0.05) is 31.2 Å². The van der Waals surface area contributed by atoms with Gasteiger partial charge in [0.05, 0.1) is 5.69 Å². The lowest BCUT2D eigenvalue weighted by molar-refractivity contribution is 0.645. The van der Waals surface area contributed by atoms with Gasteiger partial charge in [0.1, 0.15) is 5.82 Å². The van der Waals surface area contributed by atoms with Gasteiger partial charge in [0.15, 0.2) is 0 Å². The third-order valence-electron chi connectivity index (χ3n) is 3.33. The maximum atomic E-state index is 5.62. The van der Waals surface area contributed by atoms with E-state index in [1.165, 1.54) is 11.1 Å². The molecule has 3 nitrogen and oxygen atoms in total. The summed E-state index contributed by atoms with van der Waals surface area (Å²) >= 11 is 0. The van der Waals surface area contributed by atoms with E-state index in [-0.39, 0.29) is 0 Å². The minimum Gasteiger partial charge on any atom is -0.330 e. The standard InChI is InChI=1S/C16H21N3/c1-11-6-4-5-7-14(11)15-10-13(3)18-16(19-15)12(2)8-9-17/h4-7,10,12H,8-9,17H2,1-3H3. The highest BCUT2D eigenvalue weighted by Gasteiger charge is 2.11. The molecule has 0 amide bonds. The van der Waals surface area contributed by atoms with E-state index in [1.807, 2.05) is 25.1 Å². The molecule has 0 aliphatic rings. The second kappa shape index (κ2) is 5.93. The molecule has 1 aromatic carbocycles. The lowest BCUT2D eigenvalue weighted by atomic mass is 10.0. The summed E-state index contributed by atoms with van der Waals surface area (Å²) in [6.07, 6.45) is 0.913. The van der Waals surface area contributed by atoms with Gasteiger partial charge in [-0.25, -0.2) is 9.97 Å². The number of hydrogen-bond acceptors (Lipinski definition) is 3. The third-order valence-corrected chi connectivity index (χ3v) is 3.33. The fraction of sp³-hybridized carbons (Fsp3) is 0.375. The first-order chi connectivity index (χ1) is 9.11. The van der Waals surface area contributed by atoms with Gasteiger partial charge in [0.2, 0.25) is 0 Å². The minimum atomic E-state index is 0.299. The van der Waals surface area contributed by atoms with E-state index in [1.54, 1.807) is 0 Å². The van der Waals surface area contributed by atoms with Gasteiger partial charge in [0, 0.05) is 17.2 Å². The molecule has 0 saturated heterocycles. The molecule has 0 bridgehead atoms. The summed E-state index contributed by atoms with van der Waals surface area (Å²) in [5.41, 5.74) is 10.0. The van der Waals surface area contributed by atoms with Crippen molar-refractivity contribution >= 4 is 0 Å². The molecule has 0 aliphatic heterocycles. The highest BCUT2D eigenvalue weighted by molar-refractivity contribution is 5.63. The summed E-state index contributed by atoms with van der Waals surface area (Å²) in [6, 6.07) is 10.3. The predicted molar refractivity (Wildman–Crippen MR) is 79.0 cm³/mol. The zero-order valence-electron chi connectivity index (χ0n) is 11.9. The monoisotopic (exact) mass is 255 g/mol. The van der Waals surface area contributed by atoms with Crippen LogP contribution in [-0.4, -0.2) is 16.5 Å². The van der Waals surface area contributed by atoms with Gasteiger partial charge in [-0.3, -0.25) is 0 Å². The Balaban J connectivity index is 2.45. The predicted octanol–water partition coefficient (Wildman–Crippen LogP) is 3.21. The fourth-order valence-electron chi connectivity index (χ4n) is 2.19. The zero-order valence-corrected chi connectivity index (χ0v) is 11.9. The lowest BCUT2D eigenvalue weighted by Crippen LogP contribution is -2.09. The molecule has 100 valence electrons. The van der Waals surface area contributed by atoms with Crippen LogP contribution in [0.15, 0.2) is 30.3 Å². The van der Waals surface area contributed by atoms with Crippen LogP contribution >= 0.6 is 0 Å². The van der Waals surface area contributed by atoms with Crippen molar-refractivity contribution in [2.24, 2.45) is 5.73 Å². The Labute approximate surface area is 114 Å². The number of benzene rings is 1. The zero-order chi connectivity index (χ0) is 13.8. The summed E-state index contributed by atoms with van der Waals surface area (Å²) in [5, 5.41) is 0. The van der Waals surface area contributed by atoms with Gasteiger partial charge in [-0.15, -0.1) is 0 Å². The van der Waals surface area contributed by atoms with Gasteiger partial charge in [0.25, 0.3) is 0 Å². The SMILES string of the molecule is Cc1cc(-c2ccccc2C)nc(C(C)CCN)n1. The summed E-state index contributed by atoms with van der Waals surface area (Å²) in [4.78, 5) is 9.26. The summed E-state index contributed by atoms with van der Waals surface area (Å²) in [7, 11) is 0. The summed E-state index contributed by atoms with van der Waals surface area (Å²) in [5.74, 6) is 1.19. The molecule has 2 aromatic rings. The average Bonchev–Trinajstić information content (AvgIpc) is 2.39. The molecular formula is C16H21N3. The molecule has 1 heterocycles. The Morgan fingerprint density at radius 3 is 2.58 bits per heavy atom. The normalized spacial score (nSPS) is 12.4.